The summed E-state index contributed by atoms with van der Waals surface area (Å²) in [5, 5.41) is 13.9. The Morgan fingerprint density at radius 3 is 1.35 bits per heavy atom. The predicted octanol–water partition coefficient (Wildman–Crippen LogP) is 15.9. The summed E-state index contributed by atoms with van der Waals surface area (Å²) in [4.78, 5) is 25.4. The Balaban J connectivity index is 3.98. The van der Waals surface area contributed by atoms with Crippen molar-refractivity contribution in [3.63, 3.8) is 0 Å². The molecule has 66 heavy (non-hydrogen) atoms. The molecule has 0 aliphatic rings. The van der Waals surface area contributed by atoms with E-state index in [0.29, 0.717) is 23.9 Å². The second kappa shape index (κ2) is 48.2. The highest BCUT2D eigenvalue weighted by Gasteiger charge is 2.24. The van der Waals surface area contributed by atoms with Crippen LogP contribution in [0.2, 0.25) is 0 Å². The van der Waals surface area contributed by atoms with E-state index in [0.717, 1.165) is 70.6 Å². The monoisotopic (exact) mass is 947 g/mol. The molecule has 1 amide bonds. The quantitative estimate of drug-likeness (QED) is 0.0272. The second-order valence-corrected chi connectivity index (χ2v) is 21.3. The fourth-order valence-corrected chi connectivity index (χ4v) is 8.67. The minimum atomic E-state index is -4.57. The number of phosphoric ester groups is 1. The standard InChI is InChI=1S/C57H107N2O6P/c1-6-8-10-12-14-16-18-19-20-21-22-23-24-25-26-27-28-29-30-31-32-33-34-35-36-37-38-39-41-43-45-47-49-51-57(61)58-55(54-65-66(62,63)64-53-52-59(3,4)5)56(60)50-48-46-44-42-40-17-15-13-11-9-7-2/h8,10,14,16,19-20,22-23,25-26,55-56,60H,6-7,9,11-13,15,17-18,21,24,27-54H2,1-5H3,(H-,58,61,62,63)/b10-8-,16-14-,20-19-,23-22-,26-25-. The number of aliphatic hydroxyl groups is 1. The smallest absolute Gasteiger partial charge is 0.268 e. The number of amides is 1. The zero-order chi connectivity index (χ0) is 48.5. The highest BCUT2D eigenvalue weighted by atomic mass is 31.2. The molecule has 0 saturated carbocycles. The van der Waals surface area contributed by atoms with Crippen molar-refractivity contribution in [3.8, 4) is 0 Å². The van der Waals surface area contributed by atoms with Gasteiger partial charge in [0.15, 0.2) is 0 Å². The molecule has 3 atom stereocenters. The van der Waals surface area contributed by atoms with Crippen molar-refractivity contribution in [1.29, 1.82) is 0 Å². The van der Waals surface area contributed by atoms with Crippen molar-refractivity contribution in [2.45, 2.75) is 257 Å². The minimum absolute atomic E-state index is 0.0118. The van der Waals surface area contributed by atoms with E-state index < -0.39 is 20.0 Å². The van der Waals surface area contributed by atoms with Crippen LogP contribution in [-0.4, -0.2) is 68.5 Å². The number of hydrogen-bond acceptors (Lipinski definition) is 6. The number of rotatable bonds is 50. The Bertz CT molecular complexity index is 1260. The Morgan fingerprint density at radius 2 is 0.924 bits per heavy atom. The third-order valence-corrected chi connectivity index (χ3v) is 13.2. The zero-order valence-corrected chi connectivity index (χ0v) is 44.8. The summed E-state index contributed by atoms with van der Waals surface area (Å²) in [7, 11) is 1.31. The number of hydrogen-bond donors (Lipinski definition) is 2. The van der Waals surface area contributed by atoms with Crippen molar-refractivity contribution >= 4 is 13.7 Å². The largest absolute Gasteiger partial charge is 0.756 e. The average molecular weight is 947 g/mol. The van der Waals surface area contributed by atoms with Gasteiger partial charge in [-0.05, 0) is 57.8 Å². The summed E-state index contributed by atoms with van der Waals surface area (Å²) < 4.78 is 23.3. The fraction of sp³-hybridized carbons (Fsp3) is 0.807. The van der Waals surface area contributed by atoms with E-state index in [-0.39, 0.29) is 19.1 Å². The molecule has 0 aliphatic heterocycles. The van der Waals surface area contributed by atoms with Crippen molar-refractivity contribution in [2.24, 2.45) is 0 Å². The maximum absolute atomic E-state index is 12.9. The van der Waals surface area contributed by atoms with Gasteiger partial charge in [-0.2, -0.15) is 0 Å². The summed E-state index contributed by atoms with van der Waals surface area (Å²) >= 11 is 0. The highest BCUT2D eigenvalue weighted by Crippen LogP contribution is 2.38. The van der Waals surface area contributed by atoms with Gasteiger partial charge in [0.05, 0.1) is 39.9 Å². The lowest BCUT2D eigenvalue weighted by atomic mass is 10.0. The van der Waals surface area contributed by atoms with Crippen molar-refractivity contribution in [3.05, 3.63) is 60.8 Å². The lowest BCUT2D eigenvalue weighted by molar-refractivity contribution is -0.870. The van der Waals surface area contributed by atoms with Crippen LogP contribution in [0.4, 0.5) is 0 Å². The van der Waals surface area contributed by atoms with Gasteiger partial charge >= 0.3 is 0 Å². The number of carbonyl (C=O) groups excluding carboxylic acids is 1. The number of nitrogens with one attached hydrogen (secondary N) is 1. The van der Waals surface area contributed by atoms with Gasteiger partial charge in [0.25, 0.3) is 7.82 Å². The summed E-state index contributed by atoms with van der Waals surface area (Å²) in [5.74, 6) is -0.165. The van der Waals surface area contributed by atoms with Gasteiger partial charge in [0.2, 0.25) is 5.91 Å². The molecule has 0 aromatic heterocycles. The van der Waals surface area contributed by atoms with Crippen molar-refractivity contribution in [1.82, 2.24) is 5.32 Å². The molecule has 386 valence electrons. The van der Waals surface area contributed by atoms with E-state index in [1.807, 2.05) is 21.1 Å². The van der Waals surface area contributed by atoms with Gasteiger partial charge in [-0.25, -0.2) is 0 Å². The van der Waals surface area contributed by atoms with E-state index >= 15 is 0 Å². The first-order chi connectivity index (χ1) is 32.0. The van der Waals surface area contributed by atoms with Crippen molar-refractivity contribution in [2.75, 3.05) is 40.9 Å². The van der Waals surface area contributed by atoms with Gasteiger partial charge in [0.1, 0.15) is 13.2 Å². The van der Waals surface area contributed by atoms with Gasteiger partial charge in [-0.1, -0.05) is 242 Å². The van der Waals surface area contributed by atoms with E-state index in [1.165, 1.54) is 148 Å². The van der Waals surface area contributed by atoms with E-state index in [9.17, 15) is 19.4 Å². The first kappa shape index (κ1) is 64.2. The third-order valence-electron chi connectivity index (χ3n) is 12.3. The number of phosphoric acid groups is 1. The van der Waals surface area contributed by atoms with Crippen LogP contribution in [0.25, 0.3) is 0 Å². The van der Waals surface area contributed by atoms with E-state index in [1.54, 1.807) is 0 Å². The Labute approximate surface area is 409 Å². The highest BCUT2D eigenvalue weighted by molar-refractivity contribution is 7.45. The Kier molecular flexibility index (Phi) is 46.9. The van der Waals surface area contributed by atoms with Crippen LogP contribution < -0.4 is 10.2 Å². The molecule has 3 unspecified atom stereocenters. The lowest BCUT2D eigenvalue weighted by Crippen LogP contribution is -2.46. The molecular weight excluding hydrogens is 840 g/mol. The number of quaternary nitrogens is 1. The Hall–Kier alpha value is -1.80. The second-order valence-electron chi connectivity index (χ2n) is 19.9. The molecular formula is C57H107N2O6P. The number of carbonyl (C=O) groups is 1. The Morgan fingerprint density at radius 1 is 0.545 bits per heavy atom. The molecule has 0 spiro atoms. The molecule has 0 aromatic rings. The number of aliphatic hydroxyl groups excluding tert-OH is 1. The number of allylic oxidation sites excluding steroid dienone is 10. The van der Waals surface area contributed by atoms with Crippen LogP contribution >= 0.6 is 7.82 Å². The minimum Gasteiger partial charge on any atom is -0.756 e. The van der Waals surface area contributed by atoms with Crippen LogP contribution in [0, 0.1) is 0 Å². The number of nitrogens with zero attached hydrogens (tertiary/aromatic N) is 1. The SMILES string of the molecule is CC/C=C\C/C=C\C/C=C\C/C=C\C/C=C\CCCCCCCCCCCCCCCCCCCC(=O)NC(COP(=O)([O-])OCC[N+](C)(C)C)C(O)CCCCCCCCCCCCC. The summed E-state index contributed by atoms with van der Waals surface area (Å²) in [6.07, 6.45) is 64.0. The molecule has 8 nitrogen and oxygen atoms in total. The van der Waals surface area contributed by atoms with Crippen molar-refractivity contribution < 1.29 is 32.9 Å². The van der Waals surface area contributed by atoms with Gasteiger partial charge < -0.3 is 28.8 Å². The molecule has 0 bridgehead atoms. The molecule has 0 rings (SSSR count). The lowest BCUT2D eigenvalue weighted by Gasteiger charge is -2.30. The number of likely N-dealkylation sites (N-methyl/N-ethyl adjacent to an activating group) is 1. The first-order valence-corrected chi connectivity index (χ1v) is 29.1. The van der Waals surface area contributed by atoms with Crippen LogP contribution in [0.1, 0.15) is 245 Å². The van der Waals surface area contributed by atoms with E-state index in [4.69, 9.17) is 9.05 Å². The maximum atomic E-state index is 12.9. The van der Waals surface area contributed by atoms with Crippen LogP contribution in [0.3, 0.4) is 0 Å². The summed E-state index contributed by atoms with van der Waals surface area (Å²) in [6.45, 7) is 4.60. The average Bonchev–Trinajstić information content (AvgIpc) is 3.28. The van der Waals surface area contributed by atoms with Gasteiger partial charge in [-0.3, -0.25) is 9.36 Å². The predicted molar refractivity (Wildman–Crippen MR) is 284 cm³/mol. The van der Waals surface area contributed by atoms with Gasteiger partial charge in [-0.15, -0.1) is 0 Å². The van der Waals surface area contributed by atoms with Gasteiger partial charge in [0, 0.05) is 6.42 Å². The molecule has 2 N–H and O–H groups in total. The maximum Gasteiger partial charge on any atom is 0.268 e. The number of unbranched alkanes of at least 4 members (excludes halogenated alkanes) is 27. The topological polar surface area (TPSA) is 108 Å². The molecule has 0 aliphatic carbocycles. The molecule has 0 saturated heterocycles. The van der Waals surface area contributed by atoms with E-state index in [2.05, 4.69) is 79.9 Å². The molecule has 0 radical (unpaired) electrons. The first-order valence-electron chi connectivity index (χ1n) is 27.6. The normalized spacial score (nSPS) is 14.5. The molecule has 9 heteroatoms. The van der Waals surface area contributed by atoms with Crippen LogP contribution in [-0.2, 0) is 18.4 Å². The summed E-state index contributed by atoms with van der Waals surface area (Å²) in [6, 6.07) is -0.800. The zero-order valence-electron chi connectivity index (χ0n) is 43.9. The molecule has 0 heterocycles. The molecule has 0 fully saturated rings. The van der Waals surface area contributed by atoms with Crippen LogP contribution in [0.5, 0.6) is 0 Å². The third kappa shape index (κ3) is 50.1. The van der Waals surface area contributed by atoms with Crippen LogP contribution in [0.15, 0.2) is 60.8 Å². The molecule has 0 aromatic carbocycles. The summed E-state index contributed by atoms with van der Waals surface area (Å²) in [5.41, 5.74) is 0. The fourth-order valence-electron chi connectivity index (χ4n) is 7.95.